The van der Waals surface area contributed by atoms with Gasteiger partial charge in [0.05, 0.1) is 6.54 Å². The van der Waals surface area contributed by atoms with Gasteiger partial charge in [-0.3, -0.25) is 9.59 Å². The quantitative estimate of drug-likeness (QED) is 0.352. The first-order chi connectivity index (χ1) is 17.1. The van der Waals surface area contributed by atoms with Crippen molar-refractivity contribution in [3.8, 4) is 6.07 Å². The number of hydrogen-bond acceptors (Lipinski definition) is 7. The number of dihydropyridines is 1. The number of benzene rings is 2. The molecule has 3 unspecified atom stereocenters. The lowest BCUT2D eigenvalue weighted by molar-refractivity contribution is -0.155. The van der Waals surface area contributed by atoms with Crippen molar-refractivity contribution in [2.24, 2.45) is 0 Å². The monoisotopic (exact) mass is 504 g/mol. The van der Waals surface area contributed by atoms with E-state index >= 15 is 0 Å². The van der Waals surface area contributed by atoms with Gasteiger partial charge in [-0.25, -0.2) is 4.98 Å². The standard InChI is InChI=1S/C26H21ClN4O3S/c27-26-30-16-20(35-26)17-31(22-13-7-8-14-29-22)24(32)23(19-11-5-2-6-12-19)25(33)34-21(15-28)18-9-3-1-4-10-18/h1-14,16,21-23,29H,17H2. The summed E-state index contributed by atoms with van der Waals surface area (Å²) >= 11 is 7.26. The van der Waals surface area contributed by atoms with E-state index < -0.39 is 30.1 Å². The van der Waals surface area contributed by atoms with Gasteiger partial charge in [0.1, 0.15) is 12.2 Å². The summed E-state index contributed by atoms with van der Waals surface area (Å²) < 4.78 is 5.94. The summed E-state index contributed by atoms with van der Waals surface area (Å²) in [6.07, 6.45) is 7.12. The Balaban J connectivity index is 1.67. The fourth-order valence-electron chi connectivity index (χ4n) is 3.64. The van der Waals surface area contributed by atoms with Crippen LogP contribution in [-0.2, 0) is 20.9 Å². The lowest BCUT2D eigenvalue weighted by Crippen LogP contribution is -2.49. The third kappa shape index (κ3) is 5.96. The fraction of sp³-hybridized carbons (Fsp3) is 0.154. The number of carbonyl (C=O) groups excluding carboxylic acids is 2. The van der Waals surface area contributed by atoms with Crippen molar-refractivity contribution < 1.29 is 14.3 Å². The van der Waals surface area contributed by atoms with Crippen LogP contribution in [0.25, 0.3) is 0 Å². The van der Waals surface area contributed by atoms with Gasteiger partial charge >= 0.3 is 5.97 Å². The number of nitriles is 1. The second-order valence-corrected chi connectivity index (χ2v) is 9.30. The molecule has 0 bridgehead atoms. The minimum Gasteiger partial charge on any atom is -0.441 e. The molecule has 0 spiro atoms. The first kappa shape index (κ1) is 24.2. The van der Waals surface area contributed by atoms with Gasteiger partial charge in [0.15, 0.2) is 10.4 Å². The lowest BCUT2D eigenvalue weighted by Gasteiger charge is -2.33. The summed E-state index contributed by atoms with van der Waals surface area (Å²) in [5.74, 6) is -2.56. The van der Waals surface area contributed by atoms with E-state index in [1.54, 1.807) is 73.1 Å². The Hall–Kier alpha value is -3.93. The number of allylic oxidation sites excluding steroid dienone is 2. The smallest absolute Gasteiger partial charge is 0.324 e. The molecule has 0 aliphatic carbocycles. The summed E-state index contributed by atoms with van der Waals surface area (Å²) in [7, 11) is 0. The van der Waals surface area contributed by atoms with Crippen LogP contribution in [0.4, 0.5) is 0 Å². The molecule has 2 aromatic carbocycles. The van der Waals surface area contributed by atoms with Crippen molar-refractivity contribution in [3.63, 3.8) is 0 Å². The third-order valence-corrected chi connectivity index (χ3v) is 6.41. The fourth-order valence-corrected chi connectivity index (χ4v) is 4.62. The number of aromatic nitrogens is 1. The van der Waals surface area contributed by atoms with Crippen LogP contribution >= 0.6 is 22.9 Å². The molecule has 4 rings (SSSR count). The molecule has 176 valence electrons. The van der Waals surface area contributed by atoms with Crippen molar-refractivity contribution >= 4 is 34.8 Å². The van der Waals surface area contributed by atoms with Crippen LogP contribution in [0.5, 0.6) is 0 Å². The number of thiazole rings is 1. The minimum atomic E-state index is -1.28. The van der Waals surface area contributed by atoms with Crippen molar-refractivity contribution in [1.82, 2.24) is 15.2 Å². The number of nitrogens with one attached hydrogen (secondary N) is 1. The summed E-state index contributed by atoms with van der Waals surface area (Å²) in [5.41, 5.74) is 0.996. The molecule has 1 aliphatic rings. The van der Waals surface area contributed by atoms with E-state index in [9.17, 15) is 14.9 Å². The Labute approximate surface area is 211 Å². The normalized spacial score (nSPS) is 15.9. The molecule has 0 fully saturated rings. The highest BCUT2D eigenvalue weighted by Crippen LogP contribution is 2.28. The third-order valence-electron chi connectivity index (χ3n) is 5.31. The predicted octanol–water partition coefficient (Wildman–Crippen LogP) is 4.72. The zero-order chi connectivity index (χ0) is 24.6. The van der Waals surface area contributed by atoms with Crippen LogP contribution in [0.15, 0.2) is 91.3 Å². The van der Waals surface area contributed by atoms with Crippen LogP contribution in [0.1, 0.15) is 28.0 Å². The number of esters is 1. The van der Waals surface area contributed by atoms with E-state index in [1.165, 1.54) is 16.2 Å². The molecule has 1 N–H and O–H groups in total. The Kier molecular flexibility index (Phi) is 7.93. The van der Waals surface area contributed by atoms with E-state index in [2.05, 4.69) is 10.3 Å². The summed E-state index contributed by atoms with van der Waals surface area (Å²) in [6.45, 7) is 0.177. The molecule has 2 heterocycles. The Morgan fingerprint density at radius 3 is 2.37 bits per heavy atom. The average molecular weight is 505 g/mol. The molecule has 3 atom stereocenters. The number of amides is 1. The first-order valence-electron chi connectivity index (χ1n) is 10.8. The van der Waals surface area contributed by atoms with Gasteiger partial charge in [-0.2, -0.15) is 5.26 Å². The zero-order valence-corrected chi connectivity index (χ0v) is 20.0. The van der Waals surface area contributed by atoms with Gasteiger partial charge in [0.25, 0.3) is 0 Å². The maximum absolute atomic E-state index is 14.0. The van der Waals surface area contributed by atoms with Gasteiger partial charge < -0.3 is 15.0 Å². The molecule has 1 aromatic heterocycles. The second kappa shape index (κ2) is 11.5. The minimum absolute atomic E-state index is 0.177. The molecule has 0 radical (unpaired) electrons. The van der Waals surface area contributed by atoms with Gasteiger partial charge in [-0.05, 0) is 23.9 Å². The maximum Gasteiger partial charge on any atom is 0.324 e. The summed E-state index contributed by atoms with van der Waals surface area (Å²) in [5, 5.41) is 12.8. The molecular weight excluding hydrogens is 484 g/mol. The highest BCUT2D eigenvalue weighted by atomic mass is 35.5. The van der Waals surface area contributed by atoms with Crippen molar-refractivity contribution in [1.29, 1.82) is 5.26 Å². The predicted molar refractivity (Wildman–Crippen MR) is 133 cm³/mol. The number of nitrogens with zero attached hydrogens (tertiary/aromatic N) is 3. The van der Waals surface area contributed by atoms with Gasteiger partial charge in [-0.1, -0.05) is 78.3 Å². The van der Waals surface area contributed by atoms with Gasteiger partial charge in [0.2, 0.25) is 12.0 Å². The SMILES string of the molecule is N#CC(OC(=O)C(C(=O)N(Cc1cnc(Cl)s1)C1C=CC=CN1)c1ccccc1)c1ccccc1. The molecule has 7 nitrogen and oxygen atoms in total. The van der Waals surface area contributed by atoms with Crippen LogP contribution in [0, 0.1) is 11.3 Å². The van der Waals surface area contributed by atoms with Gasteiger partial charge in [0, 0.05) is 16.6 Å². The van der Waals surface area contributed by atoms with Crippen LogP contribution < -0.4 is 5.32 Å². The Morgan fingerprint density at radius 1 is 1.11 bits per heavy atom. The number of hydrogen-bond donors (Lipinski definition) is 1. The molecule has 9 heteroatoms. The summed E-state index contributed by atoms with van der Waals surface area (Å²) in [4.78, 5) is 33.8. The number of rotatable bonds is 8. The number of halogens is 1. The Morgan fingerprint density at radius 2 is 1.80 bits per heavy atom. The first-order valence-corrected chi connectivity index (χ1v) is 12.0. The lowest BCUT2D eigenvalue weighted by atomic mass is 9.96. The van der Waals surface area contributed by atoms with Crippen molar-refractivity contribution in [3.05, 3.63) is 112 Å². The Bertz CT molecular complexity index is 1270. The molecular formula is C26H21ClN4O3S. The highest BCUT2D eigenvalue weighted by molar-refractivity contribution is 7.15. The molecule has 0 saturated heterocycles. The summed E-state index contributed by atoms with van der Waals surface area (Å²) in [6, 6.07) is 19.4. The zero-order valence-electron chi connectivity index (χ0n) is 18.5. The molecule has 1 aliphatic heterocycles. The molecule has 0 saturated carbocycles. The largest absolute Gasteiger partial charge is 0.441 e. The van der Waals surface area contributed by atoms with E-state index in [-0.39, 0.29) is 6.54 Å². The number of carbonyl (C=O) groups is 2. The van der Waals surface area contributed by atoms with E-state index in [0.29, 0.717) is 15.6 Å². The van der Waals surface area contributed by atoms with Gasteiger partial charge in [-0.15, -0.1) is 11.3 Å². The average Bonchev–Trinajstić information content (AvgIpc) is 3.32. The highest BCUT2D eigenvalue weighted by Gasteiger charge is 2.37. The number of ether oxygens (including phenoxy) is 1. The molecule has 3 aromatic rings. The van der Waals surface area contributed by atoms with Crippen LogP contribution in [-0.4, -0.2) is 27.9 Å². The van der Waals surface area contributed by atoms with Crippen molar-refractivity contribution in [2.45, 2.75) is 24.7 Å². The van der Waals surface area contributed by atoms with E-state index in [0.717, 1.165) is 4.88 Å². The molecule has 1 amide bonds. The van der Waals surface area contributed by atoms with E-state index in [4.69, 9.17) is 16.3 Å². The topological polar surface area (TPSA) is 95.3 Å². The van der Waals surface area contributed by atoms with Crippen LogP contribution in [0.2, 0.25) is 4.47 Å². The van der Waals surface area contributed by atoms with E-state index in [1.807, 2.05) is 24.3 Å². The van der Waals surface area contributed by atoms with Crippen LogP contribution in [0.3, 0.4) is 0 Å². The van der Waals surface area contributed by atoms with Crippen molar-refractivity contribution in [2.75, 3.05) is 0 Å². The maximum atomic E-state index is 14.0. The second-order valence-electron chi connectivity index (χ2n) is 7.60. The molecule has 35 heavy (non-hydrogen) atoms.